The molecule has 0 bridgehead atoms. The molecule has 7 heteroatoms. The van der Waals surface area contributed by atoms with Crippen molar-refractivity contribution in [3.63, 3.8) is 0 Å². The minimum Gasteiger partial charge on any atom is -0.497 e. The summed E-state index contributed by atoms with van der Waals surface area (Å²) in [7, 11) is 1.60. The van der Waals surface area contributed by atoms with Gasteiger partial charge in [0.2, 0.25) is 0 Å². The summed E-state index contributed by atoms with van der Waals surface area (Å²) in [6, 6.07) is 19.5. The number of aromatic nitrogens is 3. The second kappa shape index (κ2) is 8.13. The van der Waals surface area contributed by atoms with Gasteiger partial charge in [0.1, 0.15) is 22.6 Å². The predicted octanol–water partition coefficient (Wildman–Crippen LogP) is 5.25. The maximum absolute atomic E-state index is 14.1. The number of methoxy groups -OCH3 is 1. The SMILES string of the molecule is COc1cccc(Cn2cnc3c4cc(F)ccc4n(Cc4ccccc4Cl)c3c2=O)c1. The van der Waals surface area contributed by atoms with Crippen LogP contribution in [0.1, 0.15) is 11.1 Å². The lowest BCUT2D eigenvalue weighted by molar-refractivity contribution is 0.414. The normalized spacial score (nSPS) is 11.3. The van der Waals surface area contributed by atoms with Crippen LogP contribution in [0.2, 0.25) is 5.02 Å². The lowest BCUT2D eigenvalue weighted by atomic mass is 10.2. The van der Waals surface area contributed by atoms with E-state index in [-0.39, 0.29) is 11.4 Å². The standard InChI is InChI=1S/C25H19ClFN3O2/c1-32-19-7-4-5-16(11-19)13-29-15-28-23-20-12-18(27)9-10-22(20)30(24(23)25(29)31)14-17-6-2-3-8-21(17)26/h2-12,15H,13-14H2,1H3. The zero-order valence-electron chi connectivity index (χ0n) is 17.3. The van der Waals surface area contributed by atoms with Gasteiger partial charge >= 0.3 is 0 Å². The molecule has 0 aliphatic carbocycles. The van der Waals surface area contributed by atoms with E-state index >= 15 is 0 Å². The Hall–Kier alpha value is -3.64. The van der Waals surface area contributed by atoms with E-state index in [1.165, 1.54) is 18.5 Å². The maximum atomic E-state index is 14.1. The molecule has 0 atom stereocenters. The Balaban J connectivity index is 1.71. The molecule has 5 rings (SSSR count). The molecule has 3 aromatic carbocycles. The third-order valence-corrected chi connectivity index (χ3v) is 5.93. The number of hydrogen-bond acceptors (Lipinski definition) is 3. The predicted molar refractivity (Wildman–Crippen MR) is 124 cm³/mol. The highest BCUT2D eigenvalue weighted by Gasteiger charge is 2.18. The summed E-state index contributed by atoms with van der Waals surface area (Å²) in [5.74, 6) is 0.338. The van der Waals surface area contributed by atoms with E-state index in [2.05, 4.69) is 4.98 Å². The van der Waals surface area contributed by atoms with Crippen molar-refractivity contribution in [2.45, 2.75) is 13.1 Å². The lowest BCUT2D eigenvalue weighted by Crippen LogP contribution is -2.23. The van der Waals surface area contributed by atoms with Crippen molar-refractivity contribution in [1.29, 1.82) is 0 Å². The van der Waals surface area contributed by atoms with E-state index in [1.54, 1.807) is 17.7 Å². The number of benzene rings is 3. The van der Waals surface area contributed by atoms with Gasteiger partial charge in [-0.3, -0.25) is 9.36 Å². The Labute approximate surface area is 188 Å². The Morgan fingerprint density at radius 3 is 2.69 bits per heavy atom. The molecule has 0 radical (unpaired) electrons. The summed E-state index contributed by atoms with van der Waals surface area (Å²) >= 11 is 6.39. The topological polar surface area (TPSA) is 49.0 Å². The summed E-state index contributed by atoms with van der Waals surface area (Å²) < 4.78 is 22.8. The third kappa shape index (κ3) is 3.52. The molecular formula is C25H19ClFN3O2. The van der Waals surface area contributed by atoms with Crippen LogP contribution >= 0.6 is 11.6 Å². The third-order valence-electron chi connectivity index (χ3n) is 5.56. The second-order valence-corrected chi connectivity index (χ2v) is 7.97. The molecular weight excluding hydrogens is 429 g/mol. The molecule has 0 N–H and O–H groups in total. The molecule has 5 aromatic rings. The number of nitrogens with zero attached hydrogens (tertiary/aromatic N) is 3. The van der Waals surface area contributed by atoms with Gasteiger partial charge < -0.3 is 9.30 Å². The van der Waals surface area contributed by atoms with Gasteiger partial charge in [-0.05, 0) is 47.5 Å². The molecule has 160 valence electrons. The summed E-state index contributed by atoms with van der Waals surface area (Å²) in [6.45, 7) is 0.701. The number of rotatable bonds is 5. The molecule has 5 nitrogen and oxygen atoms in total. The molecule has 0 amide bonds. The average molecular weight is 448 g/mol. The second-order valence-electron chi connectivity index (χ2n) is 7.57. The quantitative estimate of drug-likeness (QED) is 0.370. The van der Waals surface area contributed by atoms with Crippen LogP contribution in [-0.2, 0) is 13.1 Å². The fraction of sp³-hybridized carbons (Fsp3) is 0.120. The molecule has 32 heavy (non-hydrogen) atoms. The van der Waals surface area contributed by atoms with E-state index in [4.69, 9.17) is 16.3 Å². The van der Waals surface area contributed by atoms with E-state index in [9.17, 15) is 9.18 Å². The van der Waals surface area contributed by atoms with Gasteiger partial charge in [0.15, 0.2) is 0 Å². The Bertz CT molecular complexity index is 1520. The van der Waals surface area contributed by atoms with Gasteiger partial charge in [0, 0.05) is 17.0 Å². The van der Waals surface area contributed by atoms with Gasteiger partial charge in [-0.15, -0.1) is 0 Å². The van der Waals surface area contributed by atoms with Crippen LogP contribution in [0.3, 0.4) is 0 Å². The molecule has 0 aliphatic heterocycles. The van der Waals surface area contributed by atoms with E-state index in [1.807, 2.05) is 53.1 Å². The van der Waals surface area contributed by atoms with Crippen molar-refractivity contribution in [2.24, 2.45) is 0 Å². The van der Waals surface area contributed by atoms with Crippen molar-refractivity contribution >= 4 is 33.5 Å². The Morgan fingerprint density at radius 1 is 1.03 bits per heavy atom. The van der Waals surface area contributed by atoms with Crippen LogP contribution in [-0.4, -0.2) is 21.2 Å². The van der Waals surface area contributed by atoms with Crippen molar-refractivity contribution in [2.75, 3.05) is 7.11 Å². The highest BCUT2D eigenvalue weighted by molar-refractivity contribution is 6.31. The van der Waals surface area contributed by atoms with Crippen LogP contribution < -0.4 is 10.3 Å². The molecule has 0 fully saturated rings. The molecule has 2 aromatic heterocycles. The van der Waals surface area contributed by atoms with Crippen LogP contribution in [0.15, 0.2) is 77.9 Å². The average Bonchev–Trinajstić information content (AvgIpc) is 3.10. The summed E-state index contributed by atoms with van der Waals surface area (Å²) in [5.41, 5.74) is 3.17. The van der Waals surface area contributed by atoms with Crippen molar-refractivity contribution in [1.82, 2.24) is 14.1 Å². The molecule has 0 spiro atoms. The number of ether oxygens (including phenoxy) is 1. The van der Waals surface area contributed by atoms with Gasteiger partial charge in [0.25, 0.3) is 5.56 Å². The van der Waals surface area contributed by atoms with Crippen molar-refractivity contribution in [3.05, 3.63) is 105 Å². The molecule has 0 saturated carbocycles. The molecule has 0 unspecified atom stereocenters. The van der Waals surface area contributed by atoms with Gasteiger partial charge in [0.05, 0.1) is 25.5 Å². The summed E-state index contributed by atoms with van der Waals surface area (Å²) in [4.78, 5) is 18.1. The smallest absolute Gasteiger partial charge is 0.278 e. The zero-order valence-corrected chi connectivity index (χ0v) is 18.0. The fourth-order valence-corrected chi connectivity index (χ4v) is 4.21. The largest absolute Gasteiger partial charge is 0.497 e. The monoisotopic (exact) mass is 447 g/mol. The molecule has 0 saturated heterocycles. The Morgan fingerprint density at radius 2 is 1.88 bits per heavy atom. The first-order valence-corrected chi connectivity index (χ1v) is 10.5. The molecule has 2 heterocycles. The van der Waals surface area contributed by atoms with E-state index in [0.717, 1.165) is 16.6 Å². The van der Waals surface area contributed by atoms with Crippen molar-refractivity contribution in [3.8, 4) is 5.75 Å². The van der Waals surface area contributed by atoms with Gasteiger partial charge in [-0.2, -0.15) is 0 Å². The van der Waals surface area contributed by atoms with Gasteiger partial charge in [-0.1, -0.05) is 41.9 Å². The van der Waals surface area contributed by atoms with E-state index < -0.39 is 0 Å². The van der Waals surface area contributed by atoms with Crippen LogP contribution in [0.5, 0.6) is 5.75 Å². The zero-order chi connectivity index (χ0) is 22.2. The minimum atomic E-state index is -0.378. The Kier molecular flexibility index (Phi) is 5.15. The van der Waals surface area contributed by atoms with Crippen LogP contribution in [0.25, 0.3) is 21.9 Å². The first-order valence-electron chi connectivity index (χ1n) is 10.1. The van der Waals surface area contributed by atoms with Gasteiger partial charge in [-0.25, -0.2) is 9.37 Å². The fourth-order valence-electron chi connectivity index (χ4n) is 4.01. The summed E-state index contributed by atoms with van der Waals surface area (Å²) in [6.07, 6.45) is 1.51. The maximum Gasteiger partial charge on any atom is 0.278 e. The number of fused-ring (bicyclic) bond motifs is 3. The highest BCUT2D eigenvalue weighted by atomic mass is 35.5. The van der Waals surface area contributed by atoms with Crippen molar-refractivity contribution < 1.29 is 9.13 Å². The first-order chi connectivity index (χ1) is 15.5. The minimum absolute atomic E-state index is 0.207. The van der Waals surface area contributed by atoms with Crippen LogP contribution in [0.4, 0.5) is 4.39 Å². The lowest BCUT2D eigenvalue weighted by Gasteiger charge is -2.11. The first kappa shape index (κ1) is 20.3. The molecule has 0 aliphatic rings. The highest BCUT2D eigenvalue weighted by Crippen LogP contribution is 2.28. The number of halogens is 2. The van der Waals surface area contributed by atoms with Crippen LogP contribution in [0, 0.1) is 5.82 Å². The van der Waals surface area contributed by atoms with E-state index in [0.29, 0.717) is 40.3 Å². The number of hydrogen-bond donors (Lipinski definition) is 0. The summed E-state index contributed by atoms with van der Waals surface area (Å²) in [5, 5.41) is 1.20.